The number of benzene rings is 1. The van der Waals surface area contributed by atoms with E-state index in [2.05, 4.69) is 6.92 Å². The highest BCUT2D eigenvalue weighted by molar-refractivity contribution is 5.90. The quantitative estimate of drug-likeness (QED) is 0.237. The topological polar surface area (TPSA) is 83.6 Å². The third kappa shape index (κ3) is 18.2. The Bertz CT molecular complexity index is 475. The predicted molar refractivity (Wildman–Crippen MR) is 124 cm³/mol. The Morgan fingerprint density at radius 1 is 0.724 bits per heavy atom. The predicted octanol–water partition coefficient (Wildman–Crippen LogP) is 7.30. The standard InChI is InChI=1S/C18H39N.C7H6O3/c1-2-3-4-5-6-7-8-9-10-11-12-13-14-15-16-17-18-19;8-6-4-2-1-3-5(6)7(9)10/h2-19H2,1H3;1-4,8H,(H,9,10). The summed E-state index contributed by atoms with van der Waals surface area (Å²) in [6, 6.07) is 5.81. The zero-order chi connectivity index (χ0) is 21.6. The van der Waals surface area contributed by atoms with Gasteiger partial charge in [0.05, 0.1) is 0 Å². The number of nitrogens with two attached hydrogens (primary N) is 1. The van der Waals surface area contributed by atoms with Crippen LogP contribution in [0.25, 0.3) is 0 Å². The number of aromatic carboxylic acids is 1. The van der Waals surface area contributed by atoms with Gasteiger partial charge in [0.15, 0.2) is 0 Å². The van der Waals surface area contributed by atoms with Crippen molar-refractivity contribution in [3.05, 3.63) is 29.8 Å². The van der Waals surface area contributed by atoms with Crippen LogP contribution in [0.3, 0.4) is 0 Å². The number of phenols is 1. The maximum Gasteiger partial charge on any atom is 0.339 e. The second kappa shape index (κ2) is 21.2. The lowest BCUT2D eigenvalue weighted by Gasteiger charge is -2.03. The lowest BCUT2D eigenvalue weighted by molar-refractivity contribution is 0.0693. The number of carbonyl (C=O) groups is 1. The number of aromatic hydroxyl groups is 1. The average Bonchev–Trinajstić information content (AvgIpc) is 2.71. The molecule has 0 amide bonds. The van der Waals surface area contributed by atoms with E-state index in [1.807, 2.05) is 0 Å². The molecule has 4 nitrogen and oxygen atoms in total. The number of carboxylic acids is 1. The number of unbranched alkanes of at least 4 members (excludes halogenated alkanes) is 15. The molecule has 29 heavy (non-hydrogen) atoms. The van der Waals surface area contributed by atoms with E-state index >= 15 is 0 Å². The highest BCUT2D eigenvalue weighted by Crippen LogP contribution is 2.15. The molecule has 0 atom stereocenters. The summed E-state index contributed by atoms with van der Waals surface area (Å²) in [6.45, 7) is 3.16. The molecule has 0 saturated heterocycles. The van der Waals surface area contributed by atoms with Crippen LogP contribution < -0.4 is 5.73 Å². The van der Waals surface area contributed by atoms with Gasteiger partial charge < -0.3 is 15.9 Å². The summed E-state index contributed by atoms with van der Waals surface area (Å²) < 4.78 is 0. The highest BCUT2D eigenvalue weighted by atomic mass is 16.4. The maximum absolute atomic E-state index is 10.3. The van der Waals surface area contributed by atoms with E-state index in [4.69, 9.17) is 15.9 Å². The van der Waals surface area contributed by atoms with Crippen LogP contribution in [0.2, 0.25) is 0 Å². The second-order valence-electron chi connectivity index (χ2n) is 7.91. The van der Waals surface area contributed by atoms with E-state index < -0.39 is 5.97 Å². The van der Waals surface area contributed by atoms with Gasteiger partial charge in [0, 0.05) is 0 Å². The van der Waals surface area contributed by atoms with Gasteiger partial charge in [0.2, 0.25) is 0 Å². The van der Waals surface area contributed by atoms with Gasteiger partial charge in [-0.25, -0.2) is 4.79 Å². The van der Waals surface area contributed by atoms with Gasteiger partial charge in [-0.3, -0.25) is 0 Å². The normalized spacial score (nSPS) is 10.4. The zero-order valence-electron chi connectivity index (χ0n) is 18.7. The maximum atomic E-state index is 10.3. The number of hydrogen-bond donors (Lipinski definition) is 3. The molecule has 0 aliphatic rings. The first kappa shape index (κ1) is 27.5. The molecule has 0 bridgehead atoms. The molecule has 0 spiro atoms. The average molecular weight is 408 g/mol. The van der Waals surface area contributed by atoms with E-state index in [1.165, 1.54) is 115 Å². The van der Waals surface area contributed by atoms with E-state index in [0.29, 0.717) is 0 Å². The molecule has 1 aromatic carbocycles. The molecule has 0 aromatic heterocycles. The lowest BCUT2D eigenvalue weighted by Crippen LogP contribution is -1.97. The lowest BCUT2D eigenvalue weighted by atomic mass is 10.0. The van der Waals surface area contributed by atoms with Crippen LogP contribution in [0.4, 0.5) is 0 Å². The number of carboxylic acid groups (broad SMARTS) is 1. The first-order valence-electron chi connectivity index (χ1n) is 11.8. The fraction of sp³-hybridized carbons (Fsp3) is 0.720. The van der Waals surface area contributed by atoms with Gasteiger partial charge in [-0.2, -0.15) is 0 Å². The Kier molecular flexibility index (Phi) is 20.0. The number of para-hydroxylation sites is 1. The Balaban J connectivity index is 0.000000651. The Labute approximate surface area is 178 Å². The minimum Gasteiger partial charge on any atom is -0.507 e. The van der Waals surface area contributed by atoms with Crippen molar-refractivity contribution in [2.75, 3.05) is 6.54 Å². The molecule has 0 aliphatic heterocycles. The van der Waals surface area contributed by atoms with Crippen molar-refractivity contribution < 1.29 is 15.0 Å². The molecule has 1 rings (SSSR count). The van der Waals surface area contributed by atoms with Crippen molar-refractivity contribution in [1.82, 2.24) is 0 Å². The summed E-state index contributed by atoms with van der Waals surface area (Å²) in [5, 5.41) is 17.3. The van der Waals surface area contributed by atoms with Crippen LogP contribution >= 0.6 is 0 Å². The minimum absolute atomic E-state index is 0.0671. The molecule has 0 fully saturated rings. The SMILES string of the molecule is CCCCCCCCCCCCCCCCCCN.O=C(O)c1ccccc1O. The van der Waals surface area contributed by atoms with Crippen LogP contribution in [0.15, 0.2) is 24.3 Å². The largest absolute Gasteiger partial charge is 0.507 e. The zero-order valence-corrected chi connectivity index (χ0v) is 18.7. The first-order valence-corrected chi connectivity index (χ1v) is 11.8. The minimum atomic E-state index is -1.11. The first-order chi connectivity index (χ1) is 14.1. The van der Waals surface area contributed by atoms with E-state index in [1.54, 1.807) is 12.1 Å². The second-order valence-corrected chi connectivity index (χ2v) is 7.91. The molecule has 4 heteroatoms. The van der Waals surface area contributed by atoms with Crippen molar-refractivity contribution in [3.8, 4) is 5.75 Å². The molecule has 0 radical (unpaired) electrons. The molecule has 168 valence electrons. The Hall–Kier alpha value is -1.55. The molecule has 4 N–H and O–H groups in total. The Morgan fingerprint density at radius 2 is 1.10 bits per heavy atom. The highest BCUT2D eigenvalue weighted by Gasteiger charge is 2.05. The molecule has 1 aromatic rings. The third-order valence-electron chi connectivity index (χ3n) is 5.19. The third-order valence-corrected chi connectivity index (χ3v) is 5.19. The summed E-state index contributed by atoms with van der Waals surface area (Å²) in [7, 11) is 0. The fourth-order valence-electron chi connectivity index (χ4n) is 3.35. The van der Waals surface area contributed by atoms with Crippen LogP contribution in [0.1, 0.15) is 120 Å². The van der Waals surface area contributed by atoms with Gasteiger partial charge in [-0.05, 0) is 25.1 Å². The van der Waals surface area contributed by atoms with Crippen molar-refractivity contribution in [3.63, 3.8) is 0 Å². The van der Waals surface area contributed by atoms with Crippen LogP contribution in [0.5, 0.6) is 5.75 Å². The molecular weight excluding hydrogens is 362 g/mol. The van der Waals surface area contributed by atoms with Gasteiger partial charge in [0.25, 0.3) is 0 Å². The van der Waals surface area contributed by atoms with Gasteiger partial charge in [-0.1, -0.05) is 115 Å². The monoisotopic (exact) mass is 407 g/mol. The van der Waals surface area contributed by atoms with Crippen LogP contribution in [-0.2, 0) is 0 Å². The van der Waals surface area contributed by atoms with Gasteiger partial charge >= 0.3 is 5.97 Å². The molecule has 0 heterocycles. The summed E-state index contributed by atoms with van der Waals surface area (Å²) in [4.78, 5) is 10.3. The Morgan fingerprint density at radius 3 is 1.41 bits per heavy atom. The molecule has 0 aliphatic carbocycles. The summed E-state index contributed by atoms with van der Waals surface area (Å²) in [6.07, 6.45) is 22.9. The smallest absolute Gasteiger partial charge is 0.339 e. The number of hydrogen-bond acceptors (Lipinski definition) is 3. The summed E-state index contributed by atoms with van der Waals surface area (Å²) in [5.74, 6) is -1.31. The van der Waals surface area contributed by atoms with Crippen molar-refractivity contribution in [2.24, 2.45) is 5.73 Å². The van der Waals surface area contributed by atoms with Gasteiger partial charge in [0.1, 0.15) is 11.3 Å². The van der Waals surface area contributed by atoms with Crippen molar-refractivity contribution in [2.45, 2.75) is 110 Å². The molecule has 0 unspecified atom stereocenters. The van der Waals surface area contributed by atoms with Crippen molar-refractivity contribution in [1.29, 1.82) is 0 Å². The van der Waals surface area contributed by atoms with Gasteiger partial charge in [-0.15, -0.1) is 0 Å². The fourth-order valence-corrected chi connectivity index (χ4v) is 3.35. The van der Waals surface area contributed by atoms with Crippen LogP contribution in [-0.4, -0.2) is 22.7 Å². The van der Waals surface area contributed by atoms with Crippen LogP contribution in [0, 0.1) is 0 Å². The number of rotatable bonds is 17. The van der Waals surface area contributed by atoms with Crippen molar-refractivity contribution >= 4 is 5.97 Å². The summed E-state index contributed by atoms with van der Waals surface area (Å²) >= 11 is 0. The van der Waals surface area contributed by atoms with E-state index in [-0.39, 0.29) is 11.3 Å². The molecular formula is C25H45NO3. The summed E-state index contributed by atoms with van der Waals surface area (Å²) in [5.41, 5.74) is 5.42. The van der Waals surface area contributed by atoms with E-state index in [0.717, 1.165) is 6.54 Å². The van der Waals surface area contributed by atoms with E-state index in [9.17, 15) is 4.79 Å². The molecule has 0 saturated carbocycles.